The Balaban J connectivity index is 1.45. The molecule has 3 aromatic heterocycles. The molecule has 2 amide bonds. The first-order valence-electron chi connectivity index (χ1n) is 19.3. The fourth-order valence-corrected chi connectivity index (χ4v) is 8.94. The van der Waals surface area contributed by atoms with Crippen LogP contribution in [0, 0.1) is 19.8 Å². The van der Waals surface area contributed by atoms with E-state index in [9.17, 15) is 14.4 Å². The first-order chi connectivity index (χ1) is 27.1. The highest BCUT2D eigenvalue weighted by molar-refractivity contribution is 7.99. The molecule has 2 aromatic carbocycles. The number of aromatic amines is 2. The van der Waals surface area contributed by atoms with Gasteiger partial charge in [0.15, 0.2) is 5.78 Å². The lowest BCUT2D eigenvalue weighted by Gasteiger charge is -2.31. The molecule has 296 valence electrons. The fourth-order valence-electron chi connectivity index (χ4n) is 7.58. The number of ketones is 1. The van der Waals surface area contributed by atoms with E-state index in [1.165, 1.54) is 16.7 Å². The highest BCUT2D eigenvalue weighted by Crippen LogP contribution is 2.40. The number of likely N-dealkylation sites (N-methyl/N-ethyl adjacent to an activating group) is 1. The number of fused-ring (bicyclic) bond motifs is 3. The third kappa shape index (κ3) is 9.52. The van der Waals surface area contributed by atoms with Crippen molar-refractivity contribution in [3.8, 4) is 11.1 Å². The summed E-state index contributed by atoms with van der Waals surface area (Å²) in [6, 6.07) is 14.3. The number of H-pyrrole nitrogens is 2. The van der Waals surface area contributed by atoms with Crippen LogP contribution in [0.15, 0.2) is 70.8 Å². The molecular weight excluding hydrogens is 746 g/mol. The molecule has 14 heteroatoms. The van der Waals surface area contributed by atoms with Gasteiger partial charge in [-0.2, -0.15) is 5.10 Å². The SMILES string of the molecule is Cc1n[nH]c(C)c1-c1cc(Cl)c2c(c1)CNC(=O)[C@H](Cc1c[nH]c3ccccc13)N(C)C(=O)[C@H](CCCCN)CC(=O)[C@H](CCCN)NCc1cccnc1S2. The Labute approximate surface area is 337 Å². The van der Waals surface area contributed by atoms with E-state index >= 15 is 0 Å². The molecule has 1 aliphatic heterocycles. The zero-order chi connectivity index (χ0) is 39.8. The summed E-state index contributed by atoms with van der Waals surface area (Å²) in [6.07, 6.45) is 6.95. The lowest BCUT2D eigenvalue weighted by molar-refractivity contribution is -0.143. The second kappa shape index (κ2) is 19.1. The number of unbranched alkanes of at least 4 members (excludes halogenated alkanes) is 1. The number of carbonyl (C=O) groups is 3. The Morgan fingerprint density at radius 1 is 0.964 bits per heavy atom. The van der Waals surface area contributed by atoms with Crippen molar-refractivity contribution < 1.29 is 14.4 Å². The van der Waals surface area contributed by atoms with E-state index in [4.69, 9.17) is 28.1 Å². The molecule has 0 unspecified atom stereocenters. The Morgan fingerprint density at radius 2 is 1.77 bits per heavy atom. The molecule has 0 radical (unpaired) electrons. The van der Waals surface area contributed by atoms with E-state index in [0.29, 0.717) is 50.3 Å². The van der Waals surface area contributed by atoms with Crippen molar-refractivity contribution in [2.45, 2.75) is 93.9 Å². The Hall–Kier alpha value is -4.53. The Bertz CT molecular complexity index is 2150. The third-order valence-electron chi connectivity index (χ3n) is 10.7. The lowest BCUT2D eigenvalue weighted by Crippen LogP contribution is -2.51. The van der Waals surface area contributed by atoms with Gasteiger partial charge in [0.05, 0.1) is 16.8 Å². The molecule has 0 bridgehead atoms. The van der Waals surface area contributed by atoms with Gasteiger partial charge in [-0.15, -0.1) is 0 Å². The zero-order valence-electron chi connectivity index (χ0n) is 32.3. The minimum absolute atomic E-state index is 0.0305. The standard InChI is InChI=1S/C42H52ClN9O3S/c1-25-38(26(2)51-50-25)29-18-31-24-49-40(54)36(20-30-23-47-34-13-5-4-12-32(30)34)52(3)42(55)27(10-6-7-15-44)21-37(53)35(14-8-16-45)48-22-28-11-9-17-46-41(28)56-39(31)33(43)19-29/h4-5,9,11-13,17-19,23,27,35-36,47-48H,6-8,10,14-16,20-22,24,44-45H2,1-3H3,(H,49,54)(H,50,51)/t27-,35+,36+/m1/s1. The van der Waals surface area contributed by atoms with Gasteiger partial charge in [0.2, 0.25) is 11.8 Å². The van der Waals surface area contributed by atoms with Gasteiger partial charge in [-0.3, -0.25) is 19.5 Å². The number of pyridine rings is 1. The van der Waals surface area contributed by atoms with E-state index in [1.807, 2.05) is 68.6 Å². The number of amides is 2. The number of halogens is 1. The van der Waals surface area contributed by atoms with Crippen LogP contribution in [0.25, 0.3) is 22.0 Å². The van der Waals surface area contributed by atoms with Crippen LogP contribution in [0.2, 0.25) is 5.02 Å². The Morgan fingerprint density at radius 3 is 2.54 bits per heavy atom. The maximum absolute atomic E-state index is 14.6. The molecular formula is C42H52ClN9O3S. The first kappa shape index (κ1) is 41.1. The normalized spacial score (nSPS) is 18.8. The summed E-state index contributed by atoms with van der Waals surface area (Å²) in [5.74, 6) is -1.28. The monoisotopic (exact) mass is 797 g/mol. The number of para-hydroxylation sites is 1. The van der Waals surface area contributed by atoms with Gasteiger partial charge < -0.3 is 32.0 Å². The summed E-state index contributed by atoms with van der Waals surface area (Å²) < 4.78 is 0. The summed E-state index contributed by atoms with van der Waals surface area (Å²) in [6.45, 7) is 5.32. The first-order valence-corrected chi connectivity index (χ1v) is 20.5. The van der Waals surface area contributed by atoms with Crippen LogP contribution < -0.4 is 22.1 Å². The molecule has 0 spiro atoms. The highest BCUT2D eigenvalue weighted by Gasteiger charge is 2.34. The molecule has 3 atom stereocenters. The molecule has 6 rings (SSSR count). The smallest absolute Gasteiger partial charge is 0.243 e. The van der Waals surface area contributed by atoms with E-state index in [1.54, 1.807) is 13.2 Å². The van der Waals surface area contributed by atoms with Gasteiger partial charge in [0.25, 0.3) is 0 Å². The second-order valence-corrected chi connectivity index (χ2v) is 16.0. The number of carbonyl (C=O) groups excluding carboxylic acids is 3. The maximum atomic E-state index is 14.6. The number of nitrogens with two attached hydrogens (primary N) is 2. The number of hydrogen-bond donors (Lipinski definition) is 6. The van der Waals surface area contributed by atoms with E-state index < -0.39 is 18.0 Å². The van der Waals surface area contributed by atoms with Crippen LogP contribution in [0.1, 0.15) is 66.6 Å². The number of nitrogens with zero attached hydrogens (tertiary/aromatic N) is 3. The van der Waals surface area contributed by atoms with E-state index in [0.717, 1.165) is 66.5 Å². The van der Waals surface area contributed by atoms with Crippen molar-refractivity contribution in [1.29, 1.82) is 0 Å². The molecule has 12 nitrogen and oxygen atoms in total. The second-order valence-electron chi connectivity index (χ2n) is 14.6. The van der Waals surface area contributed by atoms with Crippen LogP contribution in [-0.4, -0.2) is 74.9 Å². The van der Waals surface area contributed by atoms with Crippen molar-refractivity contribution in [1.82, 2.24) is 35.7 Å². The number of aromatic nitrogens is 4. The topological polar surface area (TPSA) is 188 Å². The molecule has 5 aromatic rings. The average Bonchev–Trinajstić information content (AvgIpc) is 3.77. The summed E-state index contributed by atoms with van der Waals surface area (Å²) in [5.41, 5.74) is 18.8. The van der Waals surface area contributed by atoms with Gasteiger partial charge in [-0.25, -0.2) is 4.98 Å². The quantitative estimate of drug-likeness (QED) is 0.0925. The van der Waals surface area contributed by atoms with Crippen molar-refractivity contribution in [3.63, 3.8) is 0 Å². The molecule has 0 saturated carbocycles. The van der Waals surface area contributed by atoms with Gasteiger partial charge in [0, 0.05) is 78.3 Å². The maximum Gasteiger partial charge on any atom is 0.243 e. The van der Waals surface area contributed by atoms with E-state index in [2.05, 4.69) is 25.8 Å². The molecule has 1 aliphatic rings. The number of Topliss-reactive ketones (excluding diaryl/α,β-unsaturated/α-hetero) is 1. The highest BCUT2D eigenvalue weighted by atomic mass is 35.5. The number of hydrogen-bond acceptors (Lipinski definition) is 9. The van der Waals surface area contributed by atoms with Crippen LogP contribution >= 0.6 is 23.4 Å². The Kier molecular flexibility index (Phi) is 14.0. The van der Waals surface area contributed by atoms with Crippen molar-refractivity contribution in [2.24, 2.45) is 17.4 Å². The van der Waals surface area contributed by atoms with Crippen LogP contribution in [0.3, 0.4) is 0 Å². The van der Waals surface area contributed by atoms with Crippen molar-refractivity contribution in [3.05, 3.63) is 94.0 Å². The number of rotatable bonds is 10. The average molecular weight is 798 g/mol. The fraction of sp³-hybridized carbons (Fsp3) is 0.405. The van der Waals surface area contributed by atoms with Crippen molar-refractivity contribution in [2.75, 3.05) is 20.1 Å². The van der Waals surface area contributed by atoms with E-state index in [-0.39, 0.29) is 37.0 Å². The third-order valence-corrected chi connectivity index (χ3v) is 12.3. The predicted octanol–water partition coefficient (Wildman–Crippen LogP) is 5.98. The van der Waals surface area contributed by atoms with Gasteiger partial charge in [-0.05, 0) is 99.1 Å². The van der Waals surface area contributed by atoms with Crippen LogP contribution in [0.4, 0.5) is 0 Å². The zero-order valence-corrected chi connectivity index (χ0v) is 33.9. The van der Waals surface area contributed by atoms with Crippen molar-refractivity contribution >= 4 is 51.9 Å². The van der Waals surface area contributed by atoms with Gasteiger partial charge in [0.1, 0.15) is 11.1 Å². The van der Waals surface area contributed by atoms with Crippen LogP contribution in [-0.2, 0) is 33.9 Å². The molecule has 56 heavy (non-hydrogen) atoms. The molecule has 4 heterocycles. The molecule has 0 saturated heterocycles. The lowest BCUT2D eigenvalue weighted by atomic mass is 9.90. The number of nitrogens with one attached hydrogen (secondary N) is 4. The summed E-state index contributed by atoms with van der Waals surface area (Å²) >= 11 is 8.57. The van der Waals surface area contributed by atoms with Gasteiger partial charge >= 0.3 is 0 Å². The van der Waals surface area contributed by atoms with Gasteiger partial charge in [-0.1, -0.05) is 54.0 Å². The largest absolute Gasteiger partial charge is 0.361 e. The molecule has 0 aliphatic carbocycles. The number of aryl methyl sites for hydroxylation is 2. The van der Waals surface area contributed by atoms with Crippen LogP contribution in [0.5, 0.6) is 0 Å². The summed E-state index contributed by atoms with van der Waals surface area (Å²) in [5, 5.41) is 16.3. The predicted molar refractivity (Wildman–Crippen MR) is 222 cm³/mol. The summed E-state index contributed by atoms with van der Waals surface area (Å²) in [4.78, 5) is 53.7. The summed E-state index contributed by atoms with van der Waals surface area (Å²) in [7, 11) is 1.67. The molecule has 8 N–H and O–H groups in total. The molecule has 0 fully saturated rings. The number of benzene rings is 2. The minimum atomic E-state index is -0.883. The minimum Gasteiger partial charge on any atom is -0.361 e.